The zero-order valence-electron chi connectivity index (χ0n) is 18.8. The van der Waals surface area contributed by atoms with Crippen molar-refractivity contribution in [3.05, 3.63) is 77.1 Å². The second-order valence-electron chi connectivity index (χ2n) is 7.65. The predicted molar refractivity (Wildman–Crippen MR) is 124 cm³/mol. The van der Waals surface area contributed by atoms with Crippen molar-refractivity contribution in [2.45, 2.75) is 26.8 Å². The van der Waals surface area contributed by atoms with E-state index in [4.69, 9.17) is 9.47 Å². The number of benzene rings is 2. The van der Waals surface area contributed by atoms with E-state index in [-0.39, 0.29) is 11.9 Å². The number of pyridine rings is 1. The van der Waals surface area contributed by atoms with Crippen LogP contribution in [0.2, 0.25) is 0 Å². The largest absolute Gasteiger partial charge is 0.497 e. The lowest BCUT2D eigenvalue weighted by atomic mass is 10.0. The third-order valence-corrected chi connectivity index (χ3v) is 5.44. The van der Waals surface area contributed by atoms with Gasteiger partial charge in [-0.2, -0.15) is 5.10 Å². The van der Waals surface area contributed by atoms with Gasteiger partial charge in [0.25, 0.3) is 5.91 Å². The number of fused-ring (bicyclic) bond motifs is 1. The van der Waals surface area contributed by atoms with Crippen LogP contribution in [0, 0.1) is 13.8 Å². The Labute approximate surface area is 187 Å². The lowest BCUT2D eigenvalue weighted by Crippen LogP contribution is -2.27. The van der Waals surface area contributed by atoms with E-state index in [2.05, 4.69) is 15.4 Å². The molecule has 7 nitrogen and oxygen atoms in total. The fourth-order valence-electron chi connectivity index (χ4n) is 3.87. The Morgan fingerprint density at radius 2 is 1.78 bits per heavy atom. The fraction of sp³-hybridized carbons (Fsp3) is 0.240. The summed E-state index contributed by atoms with van der Waals surface area (Å²) >= 11 is 0. The molecule has 4 aromatic rings. The standard InChI is InChI=1S/C25H26N4O3/c1-15-13-21(23-17(3)28-29(24(23)26-15)18-9-7-6-8-10-18)25(30)27-16(2)20-14-19(31-4)11-12-22(20)32-5/h6-14,16H,1-5H3,(H,27,30). The van der Waals surface area contributed by atoms with Gasteiger partial charge in [-0.15, -0.1) is 0 Å². The maximum atomic E-state index is 13.4. The Hall–Kier alpha value is -3.87. The minimum Gasteiger partial charge on any atom is -0.497 e. The average Bonchev–Trinajstić information content (AvgIpc) is 3.14. The lowest BCUT2D eigenvalue weighted by Gasteiger charge is -2.18. The van der Waals surface area contributed by atoms with E-state index < -0.39 is 0 Å². The summed E-state index contributed by atoms with van der Waals surface area (Å²) in [5, 5.41) is 8.50. The third-order valence-electron chi connectivity index (χ3n) is 5.44. The number of nitrogens with one attached hydrogen (secondary N) is 1. The number of aryl methyl sites for hydroxylation is 2. The fourth-order valence-corrected chi connectivity index (χ4v) is 3.87. The van der Waals surface area contributed by atoms with Crippen LogP contribution < -0.4 is 14.8 Å². The molecule has 32 heavy (non-hydrogen) atoms. The van der Waals surface area contributed by atoms with Crippen LogP contribution in [-0.4, -0.2) is 34.9 Å². The number of carbonyl (C=O) groups is 1. The molecule has 0 saturated heterocycles. The van der Waals surface area contributed by atoms with Gasteiger partial charge in [-0.1, -0.05) is 18.2 Å². The molecule has 4 rings (SSSR count). The maximum Gasteiger partial charge on any atom is 0.252 e. The summed E-state index contributed by atoms with van der Waals surface area (Å²) < 4.78 is 12.6. The van der Waals surface area contributed by atoms with Crippen molar-refractivity contribution in [1.82, 2.24) is 20.1 Å². The van der Waals surface area contributed by atoms with Gasteiger partial charge in [0.2, 0.25) is 0 Å². The van der Waals surface area contributed by atoms with Crippen LogP contribution in [0.5, 0.6) is 11.5 Å². The molecule has 164 valence electrons. The summed E-state index contributed by atoms with van der Waals surface area (Å²) in [5.41, 5.74) is 4.41. The van der Waals surface area contributed by atoms with Crippen molar-refractivity contribution in [3.8, 4) is 17.2 Å². The number of para-hydroxylation sites is 1. The third kappa shape index (κ3) is 3.89. The van der Waals surface area contributed by atoms with Gasteiger partial charge >= 0.3 is 0 Å². The molecule has 0 aliphatic rings. The van der Waals surface area contributed by atoms with Crippen LogP contribution in [0.25, 0.3) is 16.7 Å². The maximum absolute atomic E-state index is 13.4. The zero-order valence-corrected chi connectivity index (χ0v) is 18.8. The van der Waals surface area contributed by atoms with E-state index in [9.17, 15) is 4.79 Å². The highest BCUT2D eigenvalue weighted by Crippen LogP contribution is 2.30. The highest BCUT2D eigenvalue weighted by atomic mass is 16.5. The molecule has 0 fully saturated rings. The van der Waals surface area contributed by atoms with Gasteiger partial charge in [-0.3, -0.25) is 4.79 Å². The SMILES string of the molecule is COc1ccc(OC)c(C(C)NC(=O)c2cc(C)nc3c2c(C)nn3-c2ccccc2)c1. The van der Waals surface area contributed by atoms with E-state index >= 15 is 0 Å². The van der Waals surface area contributed by atoms with Gasteiger partial charge in [0.05, 0.1) is 42.6 Å². The molecule has 0 aliphatic carbocycles. The number of ether oxygens (including phenoxy) is 2. The molecular weight excluding hydrogens is 404 g/mol. The summed E-state index contributed by atoms with van der Waals surface area (Å²) in [6.07, 6.45) is 0. The minimum atomic E-state index is -0.305. The first-order valence-corrected chi connectivity index (χ1v) is 10.4. The van der Waals surface area contributed by atoms with Crippen LogP contribution in [-0.2, 0) is 0 Å². The van der Waals surface area contributed by atoms with Crippen LogP contribution in [0.1, 0.15) is 40.3 Å². The molecule has 2 aromatic heterocycles. The monoisotopic (exact) mass is 430 g/mol. The number of nitrogens with zero attached hydrogens (tertiary/aromatic N) is 3. The van der Waals surface area contributed by atoms with Crippen LogP contribution in [0.15, 0.2) is 54.6 Å². The highest BCUT2D eigenvalue weighted by Gasteiger charge is 2.22. The summed E-state index contributed by atoms with van der Waals surface area (Å²) in [6.45, 7) is 5.69. The first kappa shape index (κ1) is 21.4. The average molecular weight is 431 g/mol. The molecule has 0 spiro atoms. The van der Waals surface area contributed by atoms with Gasteiger partial charge in [0.15, 0.2) is 5.65 Å². The van der Waals surface area contributed by atoms with E-state index in [1.54, 1.807) is 25.0 Å². The van der Waals surface area contributed by atoms with Crippen molar-refractivity contribution in [3.63, 3.8) is 0 Å². The zero-order chi connectivity index (χ0) is 22.8. The molecular formula is C25H26N4O3. The summed E-state index contributed by atoms with van der Waals surface area (Å²) in [6, 6.07) is 16.8. The Morgan fingerprint density at radius 3 is 2.47 bits per heavy atom. The van der Waals surface area contributed by atoms with Gasteiger partial charge in [-0.25, -0.2) is 9.67 Å². The molecule has 1 N–H and O–H groups in total. The molecule has 1 atom stereocenters. The molecule has 0 bridgehead atoms. The normalized spacial score (nSPS) is 11.9. The quantitative estimate of drug-likeness (QED) is 0.486. The van der Waals surface area contributed by atoms with Crippen molar-refractivity contribution in [2.24, 2.45) is 0 Å². The number of rotatable bonds is 6. The molecule has 2 aromatic carbocycles. The van der Waals surface area contributed by atoms with Crippen LogP contribution in [0.4, 0.5) is 0 Å². The first-order valence-electron chi connectivity index (χ1n) is 10.4. The van der Waals surface area contributed by atoms with E-state index in [1.807, 2.05) is 69.3 Å². The summed E-state index contributed by atoms with van der Waals surface area (Å²) in [4.78, 5) is 18.1. The molecule has 0 saturated carbocycles. The molecule has 1 amide bonds. The van der Waals surface area contributed by atoms with Crippen LogP contribution in [0.3, 0.4) is 0 Å². The summed E-state index contributed by atoms with van der Waals surface area (Å²) in [5.74, 6) is 1.18. The van der Waals surface area contributed by atoms with Crippen molar-refractivity contribution < 1.29 is 14.3 Å². The topological polar surface area (TPSA) is 78.3 Å². The van der Waals surface area contributed by atoms with Crippen molar-refractivity contribution in [1.29, 1.82) is 0 Å². The van der Waals surface area contributed by atoms with Gasteiger partial charge < -0.3 is 14.8 Å². The number of hydrogen-bond acceptors (Lipinski definition) is 5. The van der Waals surface area contributed by atoms with Crippen molar-refractivity contribution >= 4 is 16.9 Å². The van der Waals surface area contributed by atoms with Gasteiger partial charge in [0, 0.05) is 11.3 Å². The number of hydrogen-bond donors (Lipinski definition) is 1. The summed E-state index contributed by atoms with van der Waals surface area (Å²) in [7, 11) is 3.22. The molecule has 7 heteroatoms. The Bertz CT molecular complexity index is 1280. The number of carbonyl (C=O) groups excluding carboxylic acids is 1. The number of amides is 1. The molecule has 2 heterocycles. The van der Waals surface area contributed by atoms with E-state index in [1.165, 1.54) is 0 Å². The molecule has 0 radical (unpaired) electrons. The Morgan fingerprint density at radius 1 is 1.03 bits per heavy atom. The van der Waals surface area contributed by atoms with E-state index in [0.717, 1.165) is 28.0 Å². The minimum absolute atomic E-state index is 0.200. The number of aromatic nitrogens is 3. The molecule has 1 unspecified atom stereocenters. The first-order chi connectivity index (χ1) is 15.4. The Kier molecular flexibility index (Phi) is 5.81. The van der Waals surface area contributed by atoms with Crippen LogP contribution >= 0.6 is 0 Å². The van der Waals surface area contributed by atoms with Crippen molar-refractivity contribution in [2.75, 3.05) is 14.2 Å². The van der Waals surface area contributed by atoms with Gasteiger partial charge in [-0.05, 0) is 57.2 Å². The second-order valence-corrected chi connectivity index (χ2v) is 7.65. The molecule has 0 aliphatic heterocycles. The Balaban J connectivity index is 1.74. The number of methoxy groups -OCH3 is 2. The predicted octanol–water partition coefficient (Wildman–Crippen LogP) is 4.55. The lowest BCUT2D eigenvalue weighted by molar-refractivity contribution is 0.0941. The highest BCUT2D eigenvalue weighted by molar-refractivity contribution is 6.07. The smallest absolute Gasteiger partial charge is 0.252 e. The van der Waals surface area contributed by atoms with E-state index in [0.29, 0.717) is 22.7 Å². The van der Waals surface area contributed by atoms with Gasteiger partial charge in [0.1, 0.15) is 11.5 Å². The second kappa shape index (κ2) is 8.70.